The number of amides is 1. The zero-order chi connectivity index (χ0) is 21.6. The molecule has 0 atom stereocenters. The second-order valence-corrected chi connectivity index (χ2v) is 9.05. The van der Waals surface area contributed by atoms with Crippen LogP contribution in [0.15, 0.2) is 53.9 Å². The van der Waals surface area contributed by atoms with E-state index in [1.807, 2.05) is 24.0 Å². The first-order valence-electron chi connectivity index (χ1n) is 10.8. The lowest BCUT2D eigenvalue weighted by molar-refractivity contribution is -0.130. The van der Waals surface area contributed by atoms with Gasteiger partial charge in [-0.3, -0.25) is 9.69 Å². The molecule has 1 aliphatic rings. The Kier molecular flexibility index (Phi) is 6.99. The van der Waals surface area contributed by atoms with Crippen LogP contribution in [0.5, 0.6) is 5.75 Å². The standard InChI is InChI=1S/C25H29N3O2S/c1-19-26-24(18-31-19)22-8-4-20(5-9-22)16-25(29)28-13-3-12-27(14-15-28)17-21-6-10-23(30-2)11-7-21/h4-11,18H,3,12-17H2,1-2H3. The molecule has 1 aromatic heterocycles. The molecule has 5 nitrogen and oxygen atoms in total. The highest BCUT2D eigenvalue weighted by molar-refractivity contribution is 7.09. The van der Waals surface area contributed by atoms with Gasteiger partial charge < -0.3 is 9.64 Å². The number of ether oxygens (including phenoxy) is 1. The molecular weight excluding hydrogens is 406 g/mol. The van der Waals surface area contributed by atoms with Crippen LogP contribution in [0.1, 0.15) is 22.6 Å². The maximum atomic E-state index is 12.9. The number of methoxy groups -OCH3 is 1. The van der Waals surface area contributed by atoms with Gasteiger partial charge in [-0.05, 0) is 36.6 Å². The average molecular weight is 436 g/mol. The van der Waals surface area contributed by atoms with Crippen LogP contribution >= 0.6 is 11.3 Å². The van der Waals surface area contributed by atoms with Gasteiger partial charge in [-0.1, -0.05) is 36.4 Å². The Morgan fingerprint density at radius 2 is 1.74 bits per heavy atom. The van der Waals surface area contributed by atoms with Crippen molar-refractivity contribution in [2.45, 2.75) is 26.3 Å². The molecule has 1 fully saturated rings. The molecule has 4 rings (SSSR count). The second-order valence-electron chi connectivity index (χ2n) is 7.98. The van der Waals surface area contributed by atoms with E-state index in [9.17, 15) is 4.79 Å². The summed E-state index contributed by atoms with van der Waals surface area (Å²) in [7, 11) is 1.69. The fourth-order valence-corrected chi connectivity index (χ4v) is 4.57. The molecule has 2 aromatic carbocycles. The summed E-state index contributed by atoms with van der Waals surface area (Å²) < 4.78 is 5.24. The van der Waals surface area contributed by atoms with E-state index < -0.39 is 0 Å². The third-order valence-electron chi connectivity index (χ3n) is 5.73. The van der Waals surface area contributed by atoms with E-state index in [4.69, 9.17) is 4.74 Å². The summed E-state index contributed by atoms with van der Waals surface area (Å²) in [5.41, 5.74) is 4.44. The Morgan fingerprint density at radius 3 is 2.42 bits per heavy atom. The highest BCUT2D eigenvalue weighted by atomic mass is 32.1. The lowest BCUT2D eigenvalue weighted by Gasteiger charge is -2.22. The van der Waals surface area contributed by atoms with Crippen LogP contribution in [0.3, 0.4) is 0 Å². The van der Waals surface area contributed by atoms with Crippen LogP contribution in [-0.2, 0) is 17.8 Å². The Balaban J connectivity index is 1.30. The monoisotopic (exact) mass is 435 g/mol. The minimum absolute atomic E-state index is 0.212. The van der Waals surface area contributed by atoms with Gasteiger partial charge in [0.2, 0.25) is 5.91 Å². The van der Waals surface area contributed by atoms with Gasteiger partial charge in [-0.2, -0.15) is 0 Å². The molecule has 0 aliphatic carbocycles. The van der Waals surface area contributed by atoms with Gasteiger partial charge in [-0.25, -0.2) is 4.98 Å². The number of hydrogen-bond donors (Lipinski definition) is 0. The van der Waals surface area contributed by atoms with Crippen molar-refractivity contribution in [1.82, 2.24) is 14.8 Å². The summed E-state index contributed by atoms with van der Waals surface area (Å²) in [6.07, 6.45) is 1.46. The van der Waals surface area contributed by atoms with Crippen molar-refractivity contribution >= 4 is 17.2 Å². The molecule has 3 aromatic rings. The predicted molar refractivity (Wildman–Crippen MR) is 125 cm³/mol. The molecule has 31 heavy (non-hydrogen) atoms. The summed E-state index contributed by atoms with van der Waals surface area (Å²) in [6, 6.07) is 16.5. The summed E-state index contributed by atoms with van der Waals surface area (Å²) in [5, 5.41) is 3.14. The van der Waals surface area contributed by atoms with E-state index in [-0.39, 0.29) is 5.91 Å². The molecule has 1 aliphatic heterocycles. The summed E-state index contributed by atoms with van der Waals surface area (Å²) >= 11 is 1.66. The molecule has 1 saturated heterocycles. The number of benzene rings is 2. The first-order chi connectivity index (χ1) is 15.1. The van der Waals surface area contributed by atoms with Gasteiger partial charge in [-0.15, -0.1) is 11.3 Å². The van der Waals surface area contributed by atoms with Crippen molar-refractivity contribution in [2.24, 2.45) is 0 Å². The van der Waals surface area contributed by atoms with Crippen LogP contribution < -0.4 is 4.74 Å². The Labute approximate surface area is 188 Å². The quantitative estimate of drug-likeness (QED) is 0.576. The molecule has 0 bridgehead atoms. The first-order valence-corrected chi connectivity index (χ1v) is 11.6. The topological polar surface area (TPSA) is 45.7 Å². The molecule has 0 unspecified atom stereocenters. The van der Waals surface area contributed by atoms with E-state index in [1.54, 1.807) is 18.4 Å². The Morgan fingerprint density at radius 1 is 1.00 bits per heavy atom. The zero-order valence-corrected chi connectivity index (χ0v) is 19.0. The van der Waals surface area contributed by atoms with Crippen LogP contribution in [0.2, 0.25) is 0 Å². The number of thiazole rings is 1. The highest BCUT2D eigenvalue weighted by Crippen LogP contribution is 2.22. The van der Waals surface area contributed by atoms with E-state index >= 15 is 0 Å². The zero-order valence-electron chi connectivity index (χ0n) is 18.2. The van der Waals surface area contributed by atoms with Gasteiger partial charge in [0.1, 0.15) is 5.75 Å². The smallest absolute Gasteiger partial charge is 0.227 e. The van der Waals surface area contributed by atoms with Crippen molar-refractivity contribution in [3.8, 4) is 17.0 Å². The fourth-order valence-electron chi connectivity index (χ4n) is 3.94. The SMILES string of the molecule is COc1ccc(CN2CCCN(C(=O)Cc3ccc(-c4csc(C)n4)cc3)CC2)cc1. The third-order valence-corrected chi connectivity index (χ3v) is 6.50. The number of carbonyl (C=O) groups excluding carboxylic acids is 1. The summed E-state index contributed by atoms with van der Waals surface area (Å²) in [5.74, 6) is 1.09. The van der Waals surface area contributed by atoms with E-state index in [0.29, 0.717) is 6.42 Å². The number of hydrogen-bond acceptors (Lipinski definition) is 5. The molecule has 0 spiro atoms. The largest absolute Gasteiger partial charge is 0.497 e. The molecule has 6 heteroatoms. The Bertz CT molecular complexity index is 998. The van der Waals surface area contributed by atoms with Crippen LogP contribution in [0, 0.1) is 6.92 Å². The molecule has 0 radical (unpaired) electrons. The van der Waals surface area contributed by atoms with E-state index in [0.717, 1.165) is 66.7 Å². The lowest BCUT2D eigenvalue weighted by Crippen LogP contribution is -2.36. The first kappa shape index (κ1) is 21.5. The average Bonchev–Trinajstić information content (AvgIpc) is 3.09. The van der Waals surface area contributed by atoms with Crippen LogP contribution in [-0.4, -0.2) is 54.0 Å². The van der Waals surface area contributed by atoms with Gasteiger partial charge in [0.25, 0.3) is 0 Å². The number of carbonyl (C=O) groups is 1. The van der Waals surface area contributed by atoms with Crippen LogP contribution in [0.25, 0.3) is 11.3 Å². The van der Waals surface area contributed by atoms with Crippen molar-refractivity contribution in [3.63, 3.8) is 0 Å². The number of rotatable bonds is 6. The fraction of sp³-hybridized carbons (Fsp3) is 0.360. The highest BCUT2D eigenvalue weighted by Gasteiger charge is 2.19. The van der Waals surface area contributed by atoms with Gasteiger partial charge in [0, 0.05) is 43.7 Å². The summed E-state index contributed by atoms with van der Waals surface area (Å²) in [6.45, 7) is 6.45. The molecule has 0 saturated carbocycles. The predicted octanol–water partition coefficient (Wildman–Crippen LogP) is 4.40. The number of nitrogens with zero attached hydrogens (tertiary/aromatic N) is 3. The Hall–Kier alpha value is -2.70. The minimum atomic E-state index is 0.212. The lowest BCUT2D eigenvalue weighted by atomic mass is 10.1. The van der Waals surface area contributed by atoms with E-state index in [1.165, 1.54) is 5.56 Å². The van der Waals surface area contributed by atoms with E-state index in [2.05, 4.69) is 51.7 Å². The molecule has 162 valence electrons. The van der Waals surface area contributed by atoms with Crippen molar-refractivity contribution in [1.29, 1.82) is 0 Å². The van der Waals surface area contributed by atoms with Crippen molar-refractivity contribution in [2.75, 3.05) is 33.3 Å². The van der Waals surface area contributed by atoms with Gasteiger partial charge in [0.15, 0.2) is 0 Å². The molecule has 0 N–H and O–H groups in total. The third kappa shape index (κ3) is 5.71. The normalized spacial score (nSPS) is 15.0. The maximum Gasteiger partial charge on any atom is 0.227 e. The second kappa shape index (κ2) is 10.1. The van der Waals surface area contributed by atoms with Crippen molar-refractivity contribution < 1.29 is 9.53 Å². The summed E-state index contributed by atoms with van der Waals surface area (Å²) in [4.78, 5) is 21.9. The molecule has 2 heterocycles. The number of aromatic nitrogens is 1. The minimum Gasteiger partial charge on any atom is -0.497 e. The van der Waals surface area contributed by atoms with Gasteiger partial charge in [0.05, 0.1) is 24.2 Å². The van der Waals surface area contributed by atoms with Crippen molar-refractivity contribution in [3.05, 3.63) is 70.0 Å². The maximum absolute atomic E-state index is 12.9. The van der Waals surface area contributed by atoms with Crippen LogP contribution in [0.4, 0.5) is 0 Å². The molecular formula is C25H29N3O2S. The molecule has 1 amide bonds. The number of aryl methyl sites for hydroxylation is 1. The van der Waals surface area contributed by atoms with Gasteiger partial charge >= 0.3 is 0 Å².